The van der Waals surface area contributed by atoms with Crippen molar-refractivity contribution < 1.29 is 28.6 Å². The Kier molecular flexibility index (Phi) is 11.9. The van der Waals surface area contributed by atoms with Gasteiger partial charge in [0.25, 0.3) is 0 Å². The Morgan fingerprint density at radius 3 is 2.00 bits per heavy atom. The maximum atomic E-state index is 12.5. The second-order valence-electron chi connectivity index (χ2n) is 5.75. The number of hydrogen-bond donors (Lipinski definition) is 0. The molecule has 139 valence electrons. The van der Waals surface area contributed by atoms with Crippen LogP contribution in [-0.4, -0.2) is 38.2 Å². The van der Waals surface area contributed by atoms with E-state index >= 15 is 0 Å². The Morgan fingerprint density at radius 2 is 1.54 bits per heavy atom. The van der Waals surface area contributed by atoms with Gasteiger partial charge in [0.15, 0.2) is 0 Å². The third kappa shape index (κ3) is 8.31. The molecule has 24 heavy (non-hydrogen) atoms. The molecule has 0 spiro atoms. The largest absolute Gasteiger partial charge is 0.469 e. The number of hydrogen-bond acceptors (Lipinski definition) is 6. The molecule has 1 radical (unpaired) electrons. The van der Waals surface area contributed by atoms with Crippen LogP contribution in [0.3, 0.4) is 0 Å². The van der Waals surface area contributed by atoms with E-state index in [1.54, 1.807) is 6.92 Å². The predicted molar refractivity (Wildman–Crippen MR) is 90.0 cm³/mol. The normalized spacial score (nSPS) is 13.0. The Labute approximate surface area is 145 Å². The molecule has 0 saturated heterocycles. The van der Waals surface area contributed by atoms with Gasteiger partial charge < -0.3 is 14.2 Å². The molecule has 6 heteroatoms. The monoisotopic (exact) mass is 343 g/mol. The summed E-state index contributed by atoms with van der Waals surface area (Å²) in [5.74, 6) is -0.874. The van der Waals surface area contributed by atoms with Gasteiger partial charge in [0, 0.05) is 12.8 Å². The van der Waals surface area contributed by atoms with Crippen molar-refractivity contribution in [3.05, 3.63) is 6.92 Å². The van der Waals surface area contributed by atoms with E-state index in [1.165, 1.54) is 7.11 Å². The summed E-state index contributed by atoms with van der Waals surface area (Å²) >= 11 is 0. The predicted octanol–water partition coefficient (Wildman–Crippen LogP) is 3.23. The van der Waals surface area contributed by atoms with Crippen LogP contribution in [0.25, 0.3) is 0 Å². The number of methoxy groups -OCH3 is 1. The molecule has 0 bridgehead atoms. The minimum atomic E-state index is -0.768. The van der Waals surface area contributed by atoms with Crippen molar-refractivity contribution in [2.24, 2.45) is 5.41 Å². The van der Waals surface area contributed by atoms with E-state index < -0.39 is 5.41 Å². The molecule has 0 saturated carbocycles. The average Bonchev–Trinajstić information content (AvgIpc) is 2.58. The van der Waals surface area contributed by atoms with E-state index in [0.717, 1.165) is 6.42 Å². The third-order valence-corrected chi connectivity index (χ3v) is 3.95. The van der Waals surface area contributed by atoms with Crippen molar-refractivity contribution in [3.63, 3.8) is 0 Å². The maximum Gasteiger partial charge on any atom is 0.312 e. The molecular formula is C18H31O6. The van der Waals surface area contributed by atoms with E-state index in [2.05, 4.69) is 11.7 Å². The van der Waals surface area contributed by atoms with E-state index in [0.29, 0.717) is 45.3 Å². The summed E-state index contributed by atoms with van der Waals surface area (Å²) in [4.78, 5) is 35.3. The van der Waals surface area contributed by atoms with Crippen LogP contribution >= 0.6 is 0 Å². The summed E-state index contributed by atoms with van der Waals surface area (Å²) < 4.78 is 14.9. The standard InChI is InChI=1S/C18H31O6/c1-5-14-24-17(21)18(6-2,12-8-10-15(19)22-4)13-9-11-16(20)23-7-3/h2,5-14H2,1,3-4H3. The van der Waals surface area contributed by atoms with Gasteiger partial charge in [0.1, 0.15) is 0 Å². The number of carbonyl (C=O) groups is 3. The van der Waals surface area contributed by atoms with Gasteiger partial charge in [0.05, 0.1) is 25.7 Å². The zero-order valence-electron chi connectivity index (χ0n) is 15.2. The molecule has 0 fully saturated rings. The number of carbonyl (C=O) groups excluding carboxylic acids is 3. The molecule has 0 rings (SSSR count). The lowest BCUT2D eigenvalue weighted by Crippen LogP contribution is -2.33. The minimum Gasteiger partial charge on any atom is -0.469 e. The number of ether oxygens (including phenoxy) is 3. The molecule has 0 aromatic rings. The zero-order valence-corrected chi connectivity index (χ0v) is 15.2. The van der Waals surface area contributed by atoms with Gasteiger partial charge in [-0.15, -0.1) is 0 Å². The van der Waals surface area contributed by atoms with Crippen molar-refractivity contribution in [1.82, 2.24) is 0 Å². The molecule has 0 heterocycles. The van der Waals surface area contributed by atoms with Crippen LogP contribution in [-0.2, 0) is 28.6 Å². The molecule has 0 aromatic heterocycles. The first-order valence-electron chi connectivity index (χ1n) is 8.64. The highest BCUT2D eigenvalue weighted by Gasteiger charge is 2.37. The number of rotatable bonds is 13. The highest BCUT2D eigenvalue weighted by molar-refractivity contribution is 5.77. The lowest BCUT2D eigenvalue weighted by molar-refractivity contribution is -0.158. The molecule has 0 N–H and O–H groups in total. The van der Waals surface area contributed by atoms with E-state index in [-0.39, 0.29) is 30.7 Å². The van der Waals surface area contributed by atoms with Crippen LogP contribution in [0.2, 0.25) is 0 Å². The van der Waals surface area contributed by atoms with Gasteiger partial charge in [-0.1, -0.05) is 13.8 Å². The van der Waals surface area contributed by atoms with Crippen LogP contribution < -0.4 is 0 Å². The topological polar surface area (TPSA) is 78.9 Å². The Morgan fingerprint density at radius 1 is 0.958 bits per heavy atom. The third-order valence-electron chi connectivity index (χ3n) is 3.95. The van der Waals surface area contributed by atoms with Crippen molar-refractivity contribution in [3.8, 4) is 0 Å². The van der Waals surface area contributed by atoms with Crippen LogP contribution in [0.15, 0.2) is 0 Å². The zero-order chi connectivity index (χ0) is 18.4. The fourth-order valence-electron chi connectivity index (χ4n) is 2.51. The van der Waals surface area contributed by atoms with Crippen LogP contribution in [0, 0.1) is 12.3 Å². The van der Waals surface area contributed by atoms with Crippen LogP contribution in [0.4, 0.5) is 0 Å². The summed E-state index contributed by atoms with van der Waals surface area (Å²) in [6.07, 6.45) is 3.61. The fraction of sp³-hybridized carbons (Fsp3) is 0.778. The summed E-state index contributed by atoms with van der Waals surface area (Å²) in [5.41, 5.74) is -0.768. The van der Waals surface area contributed by atoms with Gasteiger partial charge in [-0.25, -0.2) is 0 Å². The molecule has 1 unspecified atom stereocenters. The van der Waals surface area contributed by atoms with Crippen molar-refractivity contribution >= 4 is 17.9 Å². The molecule has 0 aliphatic rings. The summed E-state index contributed by atoms with van der Waals surface area (Å²) in [5, 5.41) is 0. The highest BCUT2D eigenvalue weighted by Crippen LogP contribution is 2.36. The fourth-order valence-corrected chi connectivity index (χ4v) is 2.51. The maximum absolute atomic E-state index is 12.5. The minimum absolute atomic E-state index is 0.247. The van der Waals surface area contributed by atoms with E-state index in [9.17, 15) is 14.4 Å². The number of esters is 3. The molecule has 0 aliphatic heterocycles. The van der Waals surface area contributed by atoms with Crippen LogP contribution in [0.1, 0.15) is 65.2 Å². The Bertz CT molecular complexity index is 393. The highest BCUT2D eigenvalue weighted by atomic mass is 16.5. The van der Waals surface area contributed by atoms with Gasteiger partial charge in [-0.05, 0) is 45.4 Å². The SMILES string of the molecule is [CH2]CC(CCCC(=O)OC)(CCCC(=O)OCC)C(=O)OCCC. The molecule has 0 amide bonds. The lowest BCUT2D eigenvalue weighted by atomic mass is 9.76. The van der Waals surface area contributed by atoms with Gasteiger partial charge in [-0.3, -0.25) is 14.4 Å². The quantitative estimate of drug-likeness (QED) is 0.377. The van der Waals surface area contributed by atoms with Crippen molar-refractivity contribution in [2.75, 3.05) is 20.3 Å². The van der Waals surface area contributed by atoms with Crippen LogP contribution in [0.5, 0.6) is 0 Å². The van der Waals surface area contributed by atoms with Gasteiger partial charge in [0.2, 0.25) is 0 Å². The molecule has 0 aromatic carbocycles. The van der Waals surface area contributed by atoms with Gasteiger partial charge in [-0.2, -0.15) is 0 Å². The smallest absolute Gasteiger partial charge is 0.312 e. The lowest BCUT2D eigenvalue weighted by Gasteiger charge is -2.30. The molecule has 0 aliphatic carbocycles. The molecular weight excluding hydrogens is 312 g/mol. The molecule has 1 atom stereocenters. The first-order valence-corrected chi connectivity index (χ1v) is 8.64. The Hall–Kier alpha value is -1.59. The summed E-state index contributed by atoms with van der Waals surface area (Å²) in [6.45, 7) is 8.29. The first kappa shape index (κ1) is 22.4. The van der Waals surface area contributed by atoms with Crippen molar-refractivity contribution in [2.45, 2.75) is 65.2 Å². The second kappa shape index (κ2) is 12.8. The van der Waals surface area contributed by atoms with Crippen molar-refractivity contribution in [1.29, 1.82) is 0 Å². The first-order chi connectivity index (χ1) is 11.5. The summed E-state index contributed by atoms with van der Waals surface area (Å²) in [7, 11) is 1.34. The summed E-state index contributed by atoms with van der Waals surface area (Å²) in [6, 6.07) is 0. The van der Waals surface area contributed by atoms with Gasteiger partial charge >= 0.3 is 17.9 Å². The second-order valence-corrected chi connectivity index (χ2v) is 5.75. The van der Waals surface area contributed by atoms with E-state index in [1.807, 2.05) is 6.92 Å². The average molecular weight is 343 g/mol. The molecule has 6 nitrogen and oxygen atoms in total. The Balaban J connectivity index is 4.78. The van der Waals surface area contributed by atoms with E-state index in [4.69, 9.17) is 9.47 Å².